The molecule has 0 amide bonds. The molecule has 0 bridgehead atoms. The van der Waals surface area contributed by atoms with Crippen molar-refractivity contribution in [1.82, 2.24) is 9.78 Å². The first-order valence-electron chi connectivity index (χ1n) is 7.70. The van der Waals surface area contributed by atoms with Crippen molar-refractivity contribution in [3.63, 3.8) is 0 Å². The van der Waals surface area contributed by atoms with Crippen LogP contribution >= 0.6 is 0 Å². The molecule has 0 spiro atoms. The van der Waals surface area contributed by atoms with E-state index in [1.165, 1.54) is 10.7 Å². The third-order valence-corrected chi connectivity index (χ3v) is 4.30. The molecule has 1 aromatic rings. The third kappa shape index (κ3) is 2.99. The molecule has 2 heterocycles. The maximum atomic E-state index is 12.6. The zero-order valence-electron chi connectivity index (χ0n) is 12.6. The lowest BCUT2D eigenvalue weighted by Gasteiger charge is -2.36. The molecule has 2 aliphatic rings. The highest BCUT2D eigenvalue weighted by Gasteiger charge is 2.31. The fourth-order valence-corrected chi connectivity index (χ4v) is 3.30. The highest BCUT2D eigenvalue weighted by molar-refractivity contribution is 6.57. The monoisotopic (exact) mass is 291 g/mol. The van der Waals surface area contributed by atoms with Crippen LogP contribution in [0.4, 0.5) is 5.69 Å². The van der Waals surface area contributed by atoms with Gasteiger partial charge < -0.3 is 14.9 Å². The van der Waals surface area contributed by atoms with Crippen LogP contribution < -0.4 is 16.1 Å². The Morgan fingerprint density at radius 1 is 1.24 bits per heavy atom. The number of hydrogen-bond acceptors (Lipinski definition) is 5. The summed E-state index contributed by atoms with van der Waals surface area (Å²) in [5.74, 6) is 1.05. The molecule has 1 aromatic heterocycles. The van der Waals surface area contributed by atoms with Crippen molar-refractivity contribution in [2.75, 3.05) is 18.0 Å². The van der Waals surface area contributed by atoms with Crippen molar-refractivity contribution in [2.45, 2.75) is 39.2 Å². The van der Waals surface area contributed by atoms with E-state index in [1.54, 1.807) is 0 Å². The first kappa shape index (κ1) is 14.6. The molecule has 1 saturated heterocycles. The normalized spacial score (nSPS) is 26.0. The second-order valence-corrected chi connectivity index (χ2v) is 6.66. The van der Waals surface area contributed by atoms with E-state index < -0.39 is 7.12 Å². The Balaban J connectivity index is 2.02. The van der Waals surface area contributed by atoms with Gasteiger partial charge >= 0.3 is 7.12 Å². The summed E-state index contributed by atoms with van der Waals surface area (Å²) in [5, 5.41) is 23.0. The first-order chi connectivity index (χ1) is 9.95. The predicted molar refractivity (Wildman–Crippen MR) is 81.8 cm³/mol. The Labute approximate surface area is 124 Å². The third-order valence-electron chi connectivity index (χ3n) is 4.30. The van der Waals surface area contributed by atoms with E-state index >= 15 is 0 Å². The van der Waals surface area contributed by atoms with Gasteiger partial charge in [0.05, 0.1) is 11.6 Å². The van der Waals surface area contributed by atoms with Crippen LogP contribution in [0.1, 0.15) is 39.2 Å². The van der Waals surface area contributed by atoms with E-state index in [1.807, 2.05) is 0 Å². The van der Waals surface area contributed by atoms with Gasteiger partial charge in [-0.3, -0.25) is 4.79 Å². The highest BCUT2D eigenvalue weighted by atomic mass is 16.4. The van der Waals surface area contributed by atoms with E-state index in [0.717, 1.165) is 32.4 Å². The Morgan fingerprint density at radius 3 is 2.38 bits per heavy atom. The van der Waals surface area contributed by atoms with Crippen LogP contribution in [-0.2, 0) is 0 Å². The first-order valence-corrected chi connectivity index (χ1v) is 7.70. The molecule has 2 atom stereocenters. The van der Waals surface area contributed by atoms with E-state index in [9.17, 15) is 14.8 Å². The van der Waals surface area contributed by atoms with Gasteiger partial charge in [0.1, 0.15) is 5.69 Å². The van der Waals surface area contributed by atoms with Crippen LogP contribution in [0.5, 0.6) is 0 Å². The Kier molecular flexibility index (Phi) is 3.79. The van der Waals surface area contributed by atoms with Crippen molar-refractivity contribution in [3.8, 4) is 0 Å². The average molecular weight is 291 g/mol. The largest absolute Gasteiger partial charge is 0.510 e. The van der Waals surface area contributed by atoms with Gasteiger partial charge in [0.25, 0.3) is 5.56 Å². The van der Waals surface area contributed by atoms with Gasteiger partial charge in [-0.1, -0.05) is 13.8 Å². The number of piperidine rings is 1. The smallest absolute Gasteiger partial charge is 0.422 e. The number of aromatic nitrogens is 2. The Hall–Kier alpha value is -1.34. The lowest BCUT2D eigenvalue weighted by molar-refractivity contribution is 0.355. The summed E-state index contributed by atoms with van der Waals surface area (Å²) in [4.78, 5) is 14.7. The summed E-state index contributed by atoms with van der Waals surface area (Å²) in [5.41, 5.74) is 0.601. The van der Waals surface area contributed by atoms with Crippen LogP contribution in [0.3, 0.4) is 0 Å². The van der Waals surface area contributed by atoms with E-state index in [0.29, 0.717) is 17.5 Å². The topological polar surface area (TPSA) is 78.6 Å². The molecule has 0 aromatic carbocycles. The maximum Gasteiger partial charge on any atom is 0.510 e. The van der Waals surface area contributed by atoms with Crippen molar-refractivity contribution in [3.05, 3.63) is 16.4 Å². The zero-order valence-corrected chi connectivity index (χ0v) is 12.6. The standard InChI is InChI=1S/C14H22BN3O3/c1-9-5-10(2)8-17(7-9)12-6-13(15(20)21)16-18(14(12)19)11-3-4-11/h6,9-11,20-21H,3-5,7-8H2,1-2H3/t9-,10+. The molecule has 0 unspecified atom stereocenters. The van der Waals surface area contributed by atoms with Crippen LogP contribution in [0, 0.1) is 11.8 Å². The van der Waals surface area contributed by atoms with Gasteiger partial charge in [-0.05, 0) is 37.2 Å². The lowest BCUT2D eigenvalue weighted by Crippen LogP contribution is -2.46. The second kappa shape index (κ2) is 5.46. The quantitative estimate of drug-likeness (QED) is 0.750. The van der Waals surface area contributed by atoms with Crippen molar-refractivity contribution < 1.29 is 10.0 Å². The van der Waals surface area contributed by atoms with Gasteiger partial charge in [-0.15, -0.1) is 0 Å². The van der Waals surface area contributed by atoms with Gasteiger partial charge in [0, 0.05) is 13.1 Å². The lowest BCUT2D eigenvalue weighted by atomic mass is 9.85. The van der Waals surface area contributed by atoms with Crippen molar-refractivity contribution in [2.24, 2.45) is 11.8 Å². The van der Waals surface area contributed by atoms with Crippen LogP contribution in [0.25, 0.3) is 0 Å². The molecule has 1 aliphatic heterocycles. The van der Waals surface area contributed by atoms with Gasteiger partial charge in [0.2, 0.25) is 0 Å². The summed E-state index contributed by atoms with van der Waals surface area (Å²) in [6.45, 7) is 6.03. The van der Waals surface area contributed by atoms with E-state index in [4.69, 9.17) is 0 Å². The molecule has 114 valence electrons. The van der Waals surface area contributed by atoms with Crippen LogP contribution in [-0.4, -0.2) is 40.0 Å². The maximum absolute atomic E-state index is 12.6. The number of hydrogen-bond donors (Lipinski definition) is 2. The van der Waals surface area contributed by atoms with Crippen LogP contribution in [0.2, 0.25) is 0 Å². The number of anilines is 1. The number of rotatable bonds is 3. The highest BCUT2D eigenvalue weighted by Crippen LogP contribution is 2.33. The molecule has 21 heavy (non-hydrogen) atoms. The van der Waals surface area contributed by atoms with Gasteiger partial charge in [-0.25, -0.2) is 4.68 Å². The molecular formula is C14H22BN3O3. The minimum Gasteiger partial charge on any atom is -0.422 e. The molecule has 1 aliphatic carbocycles. The molecule has 1 saturated carbocycles. The predicted octanol–water partition coefficient (Wildman–Crippen LogP) is -0.260. The molecule has 2 N–H and O–H groups in total. The molecule has 3 rings (SSSR count). The molecule has 6 nitrogen and oxygen atoms in total. The number of nitrogens with zero attached hydrogens (tertiary/aromatic N) is 3. The summed E-state index contributed by atoms with van der Waals surface area (Å²) in [7, 11) is -1.64. The second-order valence-electron chi connectivity index (χ2n) is 6.66. The SMILES string of the molecule is C[C@@H]1C[C@H](C)CN(c2cc(B(O)O)nn(C3CC3)c2=O)C1. The Morgan fingerprint density at radius 2 is 1.86 bits per heavy atom. The Bertz CT molecular complexity index is 575. The van der Waals surface area contributed by atoms with E-state index in [2.05, 4.69) is 23.8 Å². The minimum atomic E-state index is -1.64. The fourth-order valence-electron chi connectivity index (χ4n) is 3.30. The zero-order chi connectivity index (χ0) is 15.1. The molecule has 2 fully saturated rings. The summed E-state index contributed by atoms with van der Waals surface area (Å²) >= 11 is 0. The average Bonchev–Trinajstić information content (AvgIpc) is 3.21. The van der Waals surface area contributed by atoms with Crippen LogP contribution in [0.15, 0.2) is 10.9 Å². The molecule has 7 heteroatoms. The molecule has 0 radical (unpaired) electrons. The van der Waals surface area contributed by atoms with E-state index in [-0.39, 0.29) is 17.2 Å². The summed E-state index contributed by atoms with van der Waals surface area (Å²) in [6, 6.07) is 1.66. The summed E-state index contributed by atoms with van der Waals surface area (Å²) in [6.07, 6.45) is 3.03. The van der Waals surface area contributed by atoms with Gasteiger partial charge in [0.15, 0.2) is 0 Å². The fraction of sp³-hybridized carbons (Fsp3) is 0.714. The van der Waals surface area contributed by atoms with Crippen molar-refractivity contribution in [1.29, 1.82) is 0 Å². The minimum absolute atomic E-state index is 0.108. The molecular weight excluding hydrogens is 269 g/mol. The van der Waals surface area contributed by atoms with Crippen molar-refractivity contribution >= 4 is 18.4 Å². The van der Waals surface area contributed by atoms with Gasteiger partial charge in [-0.2, -0.15) is 5.10 Å². The summed E-state index contributed by atoms with van der Waals surface area (Å²) < 4.78 is 1.44.